The molecule has 0 unspecified atom stereocenters. The molecule has 0 bridgehead atoms. The first-order chi connectivity index (χ1) is 8.58. The predicted octanol–water partition coefficient (Wildman–Crippen LogP) is 3.50. The molecule has 0 saturated heterocycles. The third-order valence-corrected chi connectivity index (χ3v) is 4.05. The largest absolute Gasteiger partial charge is 0.505 e. The molecule has 96 valence electrons. The number of aryl methyl sites for hydroxylation is 2. The zero-order valence-corrected chi connectivity index (χ0v) is 11.3. The lowest BCUT2D eigenvalue weighted by Gasteiger charge is -2.06. The van der Waals surface area contributed by atoms with Gasteiger partial charge in [-0.15, -0.1) is 11.3 Å². The van der Waals surface area contributed by atoms with Crippen molar-refractivity contribution in [1.29, 1.82) is 0 Å². The monoisotopic (exact) mass is 265 g/mol. The summed E-state index contributed by atoms with van der Waals surface area (Å²) in [5.74, 6) is -0.833. The average Bonchev–Trinajstić information content (AvgIpc) is 2.64. The molecular formula is C14H16FNOS. The van der Waals surface area contributed by atoms with Gasteiger partial charge in [-0.2, -0.15) is 0 Å². The van der Waals surface area contributed by atoms with Gasteiger partial charge in [-0.05, 0) is 31.5 Å². The molecule has 0 saturated carbocycles. The van der Waals surface area contributed by atoms with E-state index in [1.807, 2.05) is 0 Å². The third kappa shape index (κ3) is 2.89. The van der Waals surface area contributed by atoms with Crippen LogP contribution in [-0.4, -0.2) is 5.11 Å². The Morgan fingerprint density at radius 3 is 2.72 bits per heavy atom. The summed E-state index contributed by atoms with van der Waals surface area (Å²) in [5.41, 5.74) is 1.88. The number of hydrogen-bond donors (Lipinski definition) is 2. The van der Waals surface area contributed by atoms with Crippen molar-refractivity contribution in [2.24, 2.45) is 0 Å². The van der Waals surface area contributed by atoms with E-state index in [1.165, 1.54) is 21.4 Å². The van der Waals surface area contributed by atoms with Gasteiger partial charge in [0, 0.05) is 28.4 Å². The van der Waals surface area contributed by atoms with E-state index in [0.717, 1.165) is 6.54 Å². The Balaban J connectivity index is 1.94. The Bertz CT molecular complexity index is 531. The summed E-state index contributed by atoms with van der Waals surface area (Å²) in [5, 5.41) is 12.7. The number of halogens is 1. The van der Waals surface area contributed by atoms with Gasteiger partial charge in [-0.1, -0.05) is 12.1 Å². The van der Waals surface area contributed by atoms with E-state index in [9.17, 15) is 9.50 Å². The van der Waals surface area contributed by atoms with Crippen molar-refractivity contribution in [3.8, 4) is 5.75 Å². The molecule has 0 atom stereocenters. The van der Waals surface area contributed by atoms with Crippen LogP contribution < -0.4 is 5.32 Å². The SMILES string of the molecule is Cc1cc(CNCc2cccc(F)c2O)sc1C. The van der Waals surface area contributed by atoms with E-state index < -0.39 is 5.82 Å². The van der Waals surface area contributed by atoms with Crippen molar-refractivity contribution < 1.29 is 9.50 Å². The molecule has 2 nitrogen and oxygen atoms in total. The number of rotatable bonds is 4. The number of benzene rings is 1. The first-order valence-electron chi connectivity index (χ1n) is 5.81. The first-order valence-corrected chi connectivity index (χ1v) is 6.62. The van der Waals surface area contributed by atoms with Crippen LogP contribution in [0.25, 0.3) is 0 Å². The van der Waals surface area contributed by atoms with Crippen LogP contribution in [0.4, 0.5) is 4.39 Å². The summed E-state index contributed by atoms with van der Waals surface area (Å²) < 4.78 is 13.1. The third-order valence-electron chi connectivity index (χ3n) is 2.90. The van der Waals surface area contributed by atoms with Gasteiger partial charge in [0.05, 0.1) is 0 Å². The number of phenols is 1. The Morgan fingerprint density at radius 2 is 2.06 bits per heavy atom. The van der Waals surface area contributed by atoms with Crippen molar-refractivity contribution in [2.45, 2.75) is 26.9 Å². The molecule has 2 aromatic rings. The van der Waals surface area contributed by atoms with Crippen LogP contribution in [0.5, 0.6) is 5.75 Å². The summed E-state index contributed by atoms with van der Waals surface area (Å²) in [6.07, 6.45) is 0. The van der Waals surface area contributed by atoms with E-state index in [0.29, 0.717) is 12.1 Å². The fourth-order valence-corrected chi connectivity index (χ4v) is 2.78. The normalized spacial score (nSPS) is 10.8. The summed E-state index contributed by atoms with van der Waals surface area (Å²) >= 11 is 1.76. The van der Waals surface area contributed by atoms with Gasteiger partial charge >= 0.3 is 0 Å². The molecule has 4 heteroatoms. The Kier molecular flexibility index (Phi) is 3.99. The highest BCUT2D eigenvalue weighted by Crippen LogP contribution is 2.22. The van der Waals surface area contributed by atoms with Gasteiger partial charge in [-0.25, -0.2) is 4.39 Å². The van der Waals surface area contributed by atoms with Gasteiger partial charge < -0.3 is 10.4 Å². The molecule has 2 N–H and O–H groups in total. The van der Waals surface area contributed by atoms with E-state index in [-0.39, 0.29) is 5.75 Å². The van der Waals surface area contributed by atoms with Gasteiger partial charge in [0.25, 0.3) is 0 Å². The van der Waals surface area contributed by atoms with Crippen molar-refractivity contribution in [3.05, 3.63) is 51.0 Å². The number of aromatic hydroxyl groups is 1. The molecule has 0 spiro atoms. The van der Waals surface area contributed by atoms with Gasteiger partial charge in [-0.3, -0.25) is 0 Å². The topological polar surface area (TPSA) is 32.3 Å². The molecule has 0 radical (unpaired) electrons. The number of thiophene rings is 1. The molecule has 1 aromatic carbocycles. The highest BCUT2D eigenvalue weighted by Gasteiger charge is 2.06. The smallest absolute Gasteiger partial charge is 0.165 e. The molecule has 0 aliphatic carbocycles. The molecule has 0 aliphatic rings. The summed E-state index contributed by atoms with van der Waals surface area (Å²) in [4.78, 5) is 2.57. The second-order valence-corrected chi connectivity index (χ2v) is 5.64. The second kappa shape index (κ2) is 5.50. The lowest BCUT2D eigenvalue weighted by molar-refractivity contribution is 0.423. The summed E-state index contributed by atoms with van der Waals surface area (Å²) in [7, 11) is 0. The van der Waals surface area contributed by atoms with E-state index in [2.05, 4.69) is 25.2 Å². The molecule has 2 rings (SSSR count). The minimum Gasteiger partial charge on any atom is -0.505 e. The van der Waals surface area contributed by atoms with Crippen molar-refractivity contribution >= 4 is 11.3 Å². The Hall–Kier alpha value is -1.39. The van der Waals surface area contributed by atoms with Crippen molar-refractivity contribution in [2.75, 3.05) is 0 Å². The summed E-state index contributed by atoms with van der Waals surface area (Å²) in [6, 6.07) is 6.73. The maximum absolute atomic E-state index is 13.1. The van der Waals surface area contributed by atoms with Crippen LogP contribution in [0, 0.1) is 19.7 Å². The van der Waals surface area contributed by atoms with Crippen LogP contribution in [0.15, 0.2) is 24.3 Å². The second-order valence-electron chi connectivity index (χ2n) is 4.30. The Morgan fingerprint density at radius 1 is 1.28 bits per heavy atom. The first kappa shape index (κ1) is 13.1. The highest BCUT2D eigenvalue weighted by molar-refractivity contribution is 7.12. The molecule has 18 heavy (non-hydrogen) atoms. The standard InChI is InChI=1S/C14H16FNOS/c1-9-6-12(18-10(9)2)8-16-7-11-4-3-5-13(15)14(11)17/h3-6,16-17H,7-8H2,1-2H3. The molecule has 0 aliphatic heterocycles. The van der Waals surface area contributed by atoms with Crippen molar-refractivity contribution in [1.82, 2.24) is 5.32 Å². The maximum Gasteiger partial charge on any atom is 0.165 e. The van der Waals surface area contributed by atoms with Gasteiger partial charge in [0.1, 0.15) is 0 Å². The minimum atomic E-state index is -0.572. The number of hydrogen-bond acceptors (Lipinski definition) is 3. The van der Waals surface area contributed by atoms with Crippen LogP contribution in [0.3, 0.4) is 0 Å². The quantitative estimate of drug-likeness (QED) is 0.886. The van der Waals surface area contributed by atoms with Crippen molar-refractivity contribution in [3.63, 3.8) is 0 Å². The van der Waals surface area contributed by atoms with Gasteiger partial charge in [0.15, 0.2) is 11.6 Å². The van der Waals surface area contributed by atoms with E-state index in [4.69, 9.17) is 0 Å². The zero-order chi connectivity index (χ0) is 13.1. The predicted molar refractivity (Wildman–Crippen MR) is 72.4 cm³/mol. The number of phenolic OH excluding ortho intramolecular Hbond substituents is 1. The average molecular weight is 265 g/mol. The van der Waals surface area contributed by atoms with Gasteiger partial charge in [0.2, 0.25) is 0 Å². The molecule has 0 fully saturated rings. The molecule has 1 aromatic heterocycles. The number of nitrogens with one attached hydrogen (secondary N) is 1. The van der Waals surface area contributed by atoms with Crippen LogP contribution in [0.2, 0.25) is 0 Å². The fraction of sp³-hybridized carbons (Fsp3) is 0.286. The lowest BCUT2D eigenvalue weighted by Crippen LogP contribution is -2.12. The molecule has 1 heterocycles. The van der Waals surface area contributed by atoms with Crippen LogP contribution in [0.1, 0.15) is 20.9 Å². The molecular weight excluding hydrogens is 249 g/mol. The van der Waals surface area contributed by atoms with E-state index in [1.54, 1.807) is 23.5 Å². The van der Waals surface area contributed by atoms with Crippen LogP contribution >= 0.6 is 11.3 Å². The van der Waals surface area contributed by atoms with Crippen LogP contribution in [-0.2, 0) is 13.1 Å². The number of para-hydroxylation sites is 1. The maximum atomic E-state index is 13.1. The van der Waals surface area contributed by atoms with E-state index >= 15 is 0 Å². The Labute approximate surface area is 110 Å². The summed E-state index contributed by atoms with van der Waals surface area (Å²) in [6.45, 7) is 5.38. The molecule has 0 amide bonds. The highest BCUT2D eigenvalue weighted by atomic mass is 32.1. The fourth-order valence-electron chi connectivity index (χ4n) is 1.76. The zero-order valence-electron chi connectivity index (χ0n) is 10.5. The lowest BCUT2D eigenvalue weighted by atomic mass is 10.2. The minimum absolute atomic E-state index is 0.261.